The Bertz CT molecular complexity index is 776. The smallest absolute Gasteiger partial charge is 0.226 e. The molecule has 1 N–H and O–H groups in total. The van der Waals surface area contributed by atoms with Crippen LogP contribution in [0.1, 0.15) is 24.5 Å². The standard InChI is InChI=1S/C20H22Cl2N2O2/c1-14-3-7-18(8-4-14)23-20(26)10-12-24(15(2)25)11-9-16-5-6-17(21)13-19(16)22/h3-8,13H,9-12H2,1-2H3,(H,23,26). The molecule has 6 heteroatoms. The normalized spacial score (nSPS) is 10.5. The number of rotatable bonds is 7. The van der Waals surface area contributed by atoms with Crippen LogP contribution in [0.4, 0.5) is 5.69 Å². The van der Waals surface area contributed by atoms with E-state index in [1.54, 1.807) is 17.0 Å². The molecule has 0 aromatic heterocycles. The van der Waals surface area contributed by atoms with E-state index in [1.807, 2.05) is 37.3 Å². The monoisotopic (exact) mass is 392 g/mol. The number of benzene rings is 2. The third-order valence-corrected chi connectivity index (χ3v) is 4.64. The Kier molecular flexibility index (Phi) is 7.49. The fraction of sp³-hybridized carbons (Fsp3) is 0.300. The van der Waals surface area contributed by atoms with Gasteiger partial charge in [0, 0.05) is 42.2 Å². The van der Waals surface area contributed by atoms with Gasteiger partial charge in [-0.1, -0.05) is 47.0 Å². The second kappa shape index (κ2) is 9.60. The van der Waals surface area contributed by atoms with Gasteiger partial charge in [0.1, 0.15) is 0 Å². The molecule has 138 valence electrons. The lowest BCUT2D eigenvalue weighted by Crippen LogP contribution is -2.33. The van der Waals surface area contributed by atoms with Gasteiger partial charge in [-0.2, -0.15) is 0 Å². The minimum atomic E-state index is -0.121. The SMILES string of the molecule is CC(=O)N(CCC(=O)Nc1ccc(C)cc1)CCc1ccc(Cl)cc1Cl. The fourth-order valence-corrected chi connectivity index (χ4v) is 3.01. The molecule has 4 nitrogen and oxygen atoms in total. The summed E-state index contributed by atoms with van der Waals surface area (Å²) in [7, 11) is 0. The molecule has 0 aliphatic carbocycles. The predicted octanol–water partition coefficient (Wildman–Crippen LogP) is 4.72. The number of aryl methyl sites for hydroxylation is 1. The van der Waals surface area contributed by atoms with E-state index >= 15 is 0 Å². The van der Waals surface area contributed by atoms with E-state index in [4.69, 9.17) is 23.2 Å². The molecule has 0 aliphatic heterocycles. The maximum atomic E-state index is 12.1. The quantitative estimate of drug-likeness (QED) is 0.740. The van der Waals surface area contributed by atoms with Crippen LogP contribution < -0.4 is 5.32 Å². The molecule has 0 saturated heterocycles. The number of hydrogen-bond acceptors (Lipinski definition) is 2. The minimum absolute atomic E-state index is 0.0711. The van der Waals surface area contributed by atoms with Gasteiger partial charge >= 0.3 is 0 Å². The molecule has 0 heterocycles. The minimum Gasteiger partial charge on any atom is -0.342 e. The first-order valence-corrected chi connectivity index (χ1v) is 9.16. The van der Waals surface area contributed by atoms with Crippen LogP contribution in [0.15, 0.2) is 42.5 Å². The van der Waals surface area contributed by atoms with Crippen molar-refractivity contribution in [3.63, 3.8) is 0 Å². The Labute approximate surface area is 164 Å². The molecule has 2 aromatic rings. The Morgan fingerprint density at radius 3 is 2.35 bits per heavy atom. The molecule has 26 heavy (non-hydrogen) atoms. The van der Waals surface area contributed by atoms with Gasteiger partial charge in [-0.05, 0) is 43.2 Å². The Balaban J connectivity index is 1.86. The van der Waals surface area contributed by atoms with E-state index in [0.29, 0.717) is 29.6 Å². The summed E-state index contributed by atoms with van der Waals surface area (Å²) in [5.74, 6) is -0.192. The summed E-state index contributed by atoms with van der Waals surface area (Å²) in [5, 5.41) is 4.00. The summed E-state index contributed by atoms with van der Waals surface area (Å²) in [6, 6.07) is 12.9. The molecule has 0 atom stereocenters. The first-order chi connectivity index (χ1) is 12.3. The van der Waals surface area contributed by atoms with Crippen LogP contribution in [0, 0.1) is 6.92 Å². The summed E-state index contributed by atoms with van der Waals surface area (Å²) >= 11 is 12.1. The molecule has 2 rings (SSSR count). The summed E-state index contributed by atoms with van der Waals surface area (Å²) < 4.78 is 0. The first-order valence-electron chi connectivity index (χ1n) is 8.41. The van der Waals surface area contributed by atoms with Gasteiger partial charge in [-0.25, -0.2) is 0 Å². The molecule has 0 aliphatic rings. The average molecular weight is 393 g/mol. The number of carbonyl (C=O) groups excluding carboxylic acids is 2. The topological polar surface area (TPSA) is 49.4 Å². The van der Waals surface area contributed by atoms with Crippen LogP contribution in [-0.4, -0.2) is 29.8 Å². The number of nitrogens with zero attached hydrogens (tertiary/aromatic N) is 1. The van der Waals surface area contributed by atoms with Gasteiger partial charge in [-0.3, -0.25) is 9.59 Å². The second-order valence-electron chi connectivity index (χ2n) is 6.16. The van der Waals surface area contributed by atoms with Crippen molar-refractivity contribution in [2.75, 3.05) is 18.4 Å². The highest BCUT2D eigenvalue weighted by atomic mass is 35.5. The molecule has 2 amide bonds. The van der Waals surface area contributed by atoms with Gasteiger partial charge in [0.25, 0.3) is 0 Å². The fourth-order valence-electron chi connectivity index (χ4n) is 2.50. The molecule has 0 fully saturated rings. The van der Waals surface area contributed by atoms with Crippen molar-refractivity contribution in [3.05, 3.63) is 63.6 Å². The van der Waals surface area contributed by atoms with E-state index in [-0.39, 0.29) is 18.2 Å². The van der Waals surface area contributed by atoms with Crippen LogP contribution in [0.25, 0.3) is 0 Å². The number of amides is 2. The van der Waals surface area contributed by atoms with Gasteiger partial charge < -0.3 is 10.2 Å². The molecule has 0 saturated carbocycles. The summed E-state index contributed by atoms with van der Waals surface area (Å²) in [5.41, 5.74) is 2.81. The van der Waals surface area contributed by atoms with Gasteiger partial charge in [0.2, 0.25) is 11.8 Å². The van der Waals surface area contributed by atoms with Crippen molar-refractivity contribution in [1.82, 2.24) is 4.90 Å². The van der Waals surface area contributed by atoms with Crippen molar-refractivity contribution in [2.45, 2.75) is 26.7 Å². The van der Waals surface area contributed by atoms with Crippen LogP contribution >= 0.6 is 23.2 Å². The third kappa shape index (κ3) is 6.36. The van der Waals surface area contributed by atoms with Crippen molar-refractivity contribution < 1.29 is 9.59 Å². The largest absolute Gasteiger partial charge is 0.342 e. The van der Waals surface area contributed by atoms with Crippen LogP contribution in [0.2, 0.25) is 10.0 Å². The highest BCUT2D eigenvalue weighted by Gasteiger charge is 2.12. The van der Waals surface area contributed by atoms with Crippen LogP contribution in [0.5, 0.6) is 0 Å². The zero-order valence-electron chi connectivity index (χ0n) is 14.9. The number of carbonyl (C=O) groups is 2. The third-order valence-electron chi connectivity index (χ3n) is 4.06. The summed E-state index contributed by atoms with van der Waals surface area (Å²) in [6.45, 7) is 4.34. The summed E-state index contributed by atoms with van der Waals surface area (Å²) in [4.78, 5) is 25.6. The molecule has 2 aromatic carbocycles. The van der Waals surface area contributed by atoms with Crippen LogP contribution in [-0.2, 0) is 16.0 Å². The van der Waals surface area contributed by atoms with Crippen molar-refractivity contribution in [2.24, 2.45) is 0 Å². The lowest BCUT2D eigenvalue weighted by molar-refractivity contribution is -0.129. The first kappa shape index (κ1) is 20.3. The van der Waals surface area contributed by atoms with Gasteiger partial charge in [-0.15, -0.1) is 0 Å². The number of hydrogen-bond donors (Lipinski definition) is 1. The van der Waals surface area contributed by atoms with E-state index in [2.05, 4.69) is 5.32 Å². The maximum absolute atomic E-state index is 12.1. The van der Waals surface area contributed by atoms with Gasteiger partial charge in [0.15, 0.2) is 0 Å². The van der Waals surface area contributed by atoms with E-state index in [0.717, 1.165) is 16.8 Å². The summed E-state index contributed by atoms with van der Waals surface area (Å²) in [6.07, 6.45) is 0.844. The predicted molar refractivity (Wildman–Crippen MR) is 107 cm³/mol. The molecule has 0 unspecified atom stereocenters. The van der Waals surface area contributed by atoms with Crippen molar-refractivity contribution >= 4 is 40.7 Å². The van der Waals surface area contributed by atoms with Gasteiger partial charge in [0.05, 0.1) is 0 Å². The van der Waals surface area contributed by atoms with E-state index < -0.39 is 0 Å². The second-order valence-corrected chi connectivity index (χ2v) is 7.00. The molecule has 0 bridgehead atoms. The van der Waals surface area contributed by atoms with E-state index in [9.17, 15) is 9.59 Å². The lowest BCUT2D eigenvalue weighted by atomic mass is 10.1. The van der Waals surface area contributed by atoms with Crippen LogP contribution in [0.3, 0.4) is 0 Å². The zero-order valence-corrected chi connectivity index (χ0v) is 16.4. The maximum Gasteiger partial charge on any atom is 0.226 e. The Morgan fingerprint density at radius 1 is 1.04 bits per heavy atom. The Hall–Kier alpha value is -2.04. The molecular formula is C20H22Cl2N2O2. The molecule has 0 spiro atoms. The zero-order chi connectivity index (χ0) is 19.1. The average Bonchev–Trinajstić information content (AvgIpc) is 2.58. The molecule has 0 radical (unpaired) electrons. The number of nitrogens with one attached hydrogen (secondary N) is 1. The Morgan fingerprint density at radius 2 is 1.73 bits per heavy atom. The van der Waals surface area contributed by atoms with Crippen molar-refractivity contribution in [3.8, 4) is 0 Å². The highest BCUT2D eigenvalue weighted by molar-refractivity contribution is 6.35. The number of anilines is 1. The molecular weight excluding hydrogens is 371 g/mol. The number of halogens is 2. The lowest BCUT2D eigenvalue weighted by Gasteiger charge is -2.21. The van der Waals surface area contributed by atoms with E-state index in [1.165, 1.54) is 6.92 Å². The highest BCUT2D eigenvalue weighted by Crippen LogP contribution is 2.21. The van der Waals surface area contributed by atoms with Crippen molar-refractivity contribution in [1.29, 1.82) is 0 Å².